The number of rotatable bonds is 6. The van der Waals surface area contributed by atoms with Gasteiger partial charge in [0.25, 0.3) is 10.0 Å². The van der Waals surface area contributed by atoms with E-state index in [4.69, 9.17) is 4.74 Å². The van der Waals surface area contributed by atoms with Crippen LogP contribution < -0.4 is 9.62 Å². The Labute approximate surface area is 188 Å². The molecule has 2 fully saturated rings. The van der Waals surface area contributed by atoms with Gasteiger partial charge in [-0.25, -0.2) is 13.1 Å². The Morgan fingerprint density at radius 1 is 1.19 bits per heavy atom. The monoisotopic (exact) mass is 466 g/mol. The molecule has 0 amide bonds. The molecule has 0 aromatic heterocycles. The van der Waals surface area contributed by atoms with E-state index >= 15 is 0 Å². The highest BCUT2D eigenvalue weighted by Gasteiger charge is 2.41. The summed E-state index contributed by atoms with van der Waals surface area (Å²) in [4.78, 5) is 4.00. The molecule has 0 saturated carbocycles. The molecule has 1 aromatic rings. The van der Waals surface area contributed by atoms with Gasteiger partial charge in [0.1, 0.15) is 18.3 Å². The summed E-state index contributed by atoms with van der Waals surface area (Å²) in [6.07, 6.45) is -3.88. The van der Waals surface area contributed by atoms with Gasteiger partial charge >= 0.3 is 0 Å². The number of nitrogens with one attached hydrogen (secondary N) is 1. The predicted molar refractivity (Wildman–Crippen MR) is 119 cm³/mol. The van der Waals surface area contributed by atoms with Gasteiger partial charge in [0.2, 0.25) is 0 Å². The Kier molecular flexibility index (Phi) is 7.89. The van der Waals surface area contributed by atoms with Crippen LogP contribution in [0.1, 0.15) is 12.5 Å². The summed E-state index contributed by atoms with van der Waals surface area (Å²) in [6, 6.07) is 8.98. The van der Waals surface area contributed by atoms with Crippen molar-refractivity contribution in [2.75, 3.05) is 44.7 Å². The molecule has 0 aliphatic carbocycles. The van der Waals surface area contributed by atoms with Crippen LogP contribution in [0, 0.1) is 17.2 Å². The number of anilines is 1. The Morgan fingerprint density at radius 2 is 1.81 bits per heavy atom. The van der Waals surface area contributed by atoms with Crippen LogP contribution in [-0.2, 0) is 14.8 Å². The van der Waals surface area contributed by atoms with Gasteiger partial charge in [0.15, 0.2) is 11.2 Å². The molecule has 0 radical (unpaired) electrons. The quantitative estimate of drug-likeness (QED) is 0.400. The van der Waals surface area contributed by atoms with Gasteiger partial charge in [-0.05, 0) is 30.8 Å². The van der Waals surface area contributed by atoms with Crippen molar-refractivity contribution in [3.63, 3.8) is 0 Å². The zero-order valence-corrected chi connectivity index (χ0v) is 18.9. The second-order valence-electron chi connectivity index (χ2n) is 8.26. The fourth-order valence-electron chi connectivity index (χ4n) is 3.69. The lowest BCUT2D eigenvalue weighted by atomic mass is 9.92. The van der Waals surface area contributed by atoms with E-state index in [0.717, 1.165) is 31.9 Å². The van der Waals surface area contributed by atoms with Gasteiger partial charge in [-0.3, -0.25) is 0 Å². The zero-order chi connectivity index (χ0) is 23.5. The van der Waals surface area contributed by atoms with Gasteiger partial charge < -0.3 is 29.9 Å². The lowest BCUT2D eigenvalue weighted by molar-refractivity contribution is -0.257. The van der Waals surface area contributed by atoms with Crippen molar-refractivity contribution in [1.82, 2.24) is 9.62 Å². The second-order valence-corrected chi connectivity index (χ2v) is 9.99. The SMILES string of the molecule is C[C@H]1C(O)O[C@H](CNS(=O)(=O)/C(C#N)=C/c2ccc(N3CCN(C)CC3)cc2)[C@@H](O)[C@@H]1O. The van der Waals surface area contributed by atoms with Crippen LogP contribution in [0.2, 0.25) is 0 Å². The number of nitriles is 1. The maximum atomic E-state index is 12.6. The van der Waals surface area contributed by atoms with Crippen molar-refractivity contribution in [2.45, 2.75) is 31.5 Å². The number of sulfonamides is 1. The number of benzene rings is 1. The molecule has 3 rings (SSSR count). The molecule has 1 aromatic carbocycles. The van der Waals surface area contributed by atoms with Crippen LogP contribution in [0.25, 0.3) is 6.08 Å². The third kappa shape index (κ3) is 5.65. The molecule has 1 unspecified atom stereocenters. The lowest BCUT2D eigenvalue weighted by Gasteiger charge is -2.39. The largest absolute Gasteiger partial charge is 0.390 e. The summed E-state index contributed by atoms with van der Waals surface area (Å²) in [5, 5.41) is 39.3. The van der Waals surface area contributed by atoms with Crippen LogP contribution in [-0.4, -0.2) is 93.0 Å². The third-order valence-electron chi connectivity index (χ3n) is 5.97. The molecule has 2 aliphatic rings. The number of likely N-dealkylation sites (N-methyl/N-ethyl adjacent to an activating group) is 1. The molecule has 32 heavy (non-hydrogen) atoms. The molecule has 11 heteroatoms. The summed E-state index contributed by atoms with van der Waals surface area (Å²) < 4.78 is 32.6. The van der Waals surface area contributed by atoms with Crippen LogP contribution in [0.3, 0.4) is 0 Å². The number of aliphatic hydroxyl groups is 3. The van der Waals surface area contributed by atoms with Crippen LogP contribution in [0.4, 0.5) is 5.69 Å². The normalized spacial score (nSPS) is 30.2. The number of ether oxygens (including phenoxy) is 1. The zero-order valence-electron chi connectivity index (χ0n) is 18.1. The Bertz CT molecular complexity index is 953. The highest BCUT2D eigenvalue weighted by Crippen LogP contribution is 2.25. The maximum Gasteiger partial charge on any atom is 0.250 e. The van der Waals surface area contributed by atoms with Crippen LogP contribution >= 0.6 is 0 Å². The number of hydrogen-bond donors (Lipinski definition) is 4. The molecule has 0 spiro atoms. The van der Waals surface area contributed by atoms with Crippen molar-refractivity contribution < 1.29 is 28.5 Å². The Balaban J connectivity index is 1.66. The molecule has 2 saturated heterocycles. The standard InChI is InChI=1S/C21H30N4O6S/c1-14-19(26)20(27)18(31-21(14)28)13-23-32(29,30)17(12-22)11-15-3-5-16(6-4-15)25-9-7-24(2)8-10-25/h3-6,11,14,18-21,23,26-28H,7-10,13H2,1-2H3/b17-11+/t14-,18-,19-,20-,21?/m1/s1. The first-order chi connectivity index (χ1) is 15.1. The van der Waals surface area contributed by atoms with Gasteiger partial charge in [-0.15, -0.1) is 0 Å². The first kappa shape index (κ1) is 24.6. The number of allylic oxidation sites excluding steroid dienone is 1. The van der Waals surface area contributed by atoms with Crippen LogP contribution in [0.5, 0.6) is 0 Å². The minimum atomic E-state index is -4.20. The first-order valence-corrected chi connectivity index (χ1v) is 12.0. The average Bonchev–Trinajstić information content (AvgIpc) is 2.78. The molecule has 2 aliphatic heterocycles. The summed E-state index contributed by atoms with van der Waals surface area (Å²) in [5.41, 5.74) is 1.59. The van der Waals surface area contributed by atoms with Gasteiger partial charge in [0.05, 0.1) is 6.10 Å². The highest BCUT2D eigenvalue weighted by atomic mass is 32.2. The van der Waals surface area contributed by atoms with Crippen molar-refractivity contribution in [1.29, 1.82) is 5.26 Å². The van der Waals surface area contributed by atoms with Gasteiger partial charge in [-0.2, -0.15) is 5.26 Å². The van der Waals surface area contributed by atoms with E-state index in [1.807, 2.05) is 12.1 Å². The van der Waals surface area contributed by atoms with E-state index in [9.17, 15) is 29.0 Å². The Hall–Kier alpha value is -2.04. The van der Waals surface area contributed by atoms with Crippen molar-refractivity contribution in [2.24, 2.45) is 5.92 Å². The highest BCUT2D eigenvalue weighted by molar-refractivity contribution is 7.93. The molecule has 0 bridgehead atoms. The fraction of sp³-hybridized carbons (Fsp3) is 0.571. The number of piperazine rings is 1. The molecule has 10 nitrogen and oxygen atoms in total. The van der Waals surface area contributed by atoms with Gasteiger partial charge in [0, 0.05) is 44.3 Å². The summed E-state index contributed by atoms with van der Waals surface area (Å²) in [7, 11) is -2.12. The minimum Gasteiger partial charge on any atom is -0.390 e. The Morgan fingerprint density at radius 3 is 2.41 bits per heavy atom. The van der Waals surface area contributed by atoms with E-state index in [2.05, 4.69) is 21.6 Å². The molecular formula is C21H30N4O6S. The lowest BCUT2D eigenvalue weighted by Crippen LogP contribution is -2.56. The van der Waals surface area contributed by atoms with Crippen molar-refractivity contribution in [3.05, 3.63) is 34.7 Å². The van der Waals surface area contributed by atoms with Crippen LogP contribution in [0.15, 0.2) is 29.2 Å². The number of hydrogen-bond acceptors (Lipinski definition) is 9. The summed E-state index contributed by atoms with van der Waals surface area (Å²) in [6.45, 7) is 4.85. The summed E-state index contributed by atoms with van der Waals surface area (Å²) in [5.74, 6) is -0.721. The van der Waals surface area contributed by atoms with Gasteiger partial charge in [-0.1, -0.05) is 19.1 Å². The first-order valence-electron chi connectivity index (χ1n) is 10.5. The predicted octanol–water partition coefficient (Wildman–Crippen LogP) is -0.703. The maximum absolute atomic E-state index is 12.6. The number of aliphatic hydroxyl groups excluding tert-OH is 3. The average molecular weight is 467 g/mol. The number of nitrogens with zero attached hydrogens (tertiary/aromatic N) is 3. The summed E-state index contributed by atoms with van der Waals surface area (Å²) >= 11 is 0. The van der Waals surface area contributed by atoms with E-state index in [1.165, 1.54) is 13.0 Å². The molecule has 2 heterocycles. The van der Waals surface area contributed by atoms with E-state index in [-0.39, 0.29) is 0 Å². The second kappa shape index (κ2) is 10.3. The third-order valence-corrected chi connectivity index (χ3v) is 7.30. The van der Waals surface area contributed by atoms with E-state index in [0.29, 0.717) is 5.56 Å². The minimum absolute atomic E-state index is 0.411. The topological polar surface area (TPSA) is 146 Å². The van der Waals surface area contributed by atoms with E-state index < -0.39 is 52.0 Å². The smallest absolute Gasteiger partial charge is 0.250 e. The molecule has 5 atom stereocenters. The van der Waals surface area contributed by atoms with Crippen molar-refractivity contribution in [3.8, 4) is 6.07 Å². The molecular weight excluding hydrogens is 436 g/mol. The molecule has 4 N–H and O–H groups in total. The fourth-order valence-corrected chi connectivity index (χ4v) is 4.64. The molecule has 176 valence electrons. The van der Waals surface area contributed by atoms with E-state index in [1.54, 1.807) is 18.2 Å². The van der Waals surface area contributed by atoms with Crippen molar-refractivity contribution >= 4 is 21.8 Å².